The van der Waals surface area contributed by atoms with E-state index < -0.39 is 0 Å². The topological polar surface area (TPSA) is 41.3 Å². The van der Waals surface area contributed by atoms with Crippen LogP contribution in [-0.2, 0) is 6.54 Å². The van der Waals surface area contributed by atoms with Crippen LogP contribution in [0.1, 0.15) is 18.4 Å². The second-order valence-electron chi connectivity index (χ2n) is 6.86. The van der Waals surface area contributed by atoms with Gasteiger partial charge in [-0.1, -0.05) is 35.3 Å². The molecule has 4 nitrogen and oxygen atoms in total. The molecule has 4 rings (SSSR count). The first kappa shape index (κ1) is 17.7. The zero-order chi connectivity index (χ0) is 18.1. The van der Waals surface area contributed by atoms with Crippen LogP contribution in [0.3, 0.4) is 0 Å². The molecule has 1 fully saturated rings. The van der Waals surface area contributed by atoms with E-state index in [4.69, 9.17) is 28.2 Å². The van der Waals surface area contributed by atoms with Crippen LogP contribution >= 0.6 is 23.2 Å². The molecule has 1 unspecified atom stereocenters. The molecule has 136 valence electrons. The fourth-order valence-electron chi connectivity index (χ4n) is 3.69. The molecule has 1 atom stereocenters. The van der Waals surface area contributed by atoms with E-state index in [1.54, 1.807) is 6.07 Å². The van der Waals surface area contributed by atoms with Gasteiger partial charge in [-0.05, 0) is 54.7 Å². The highest BCUT2D eigenvalue weighted by Crippen LogP contribution is 2.30. The molecule has 1 N–H and O–H groups in total. The Hall–Kier alpha value is -1.75. The van der Waals surface area contributed by atoms with Crippen LogP contribution in [0, 0.1) is 5.92 Å². The third-order valence-electron chi connectivity index (χ3n) is 5.03. The standard InChI is InChI=1S/C20H21Cl2N3O/c21-16-7-8-17(22)15(10-16)12-25-19-6-2-1-5-18(19)23-20(25)24-9-3-4-14(11-24)13-26/h1-2,5-8,10,14,26H,3-4,9,11-13H2. The Bertz CT molecular complexity index is 925. The summed E-state index contributed by atoms with van der Waals surface area (Å²) in [6.45, 7) is 2.60. The van der Waals surface area contributed by atoms with Gasteiger partial charge in [-0.2, -0.15) is 0 Å². The molecule has 26 heavy (non-hydrogen) atoms. The van der Waals surface area contributed by atoms with Crippen LogP contribution in [0.25, 0.3) is 11.0 Å². The van der Waals surface area contributed by atoms with Gasteiger partial charge in [0.1, 0.15) is 0 Å². The molecule has 2 aromatic carbocycles. The van der Waals surface area contributed by atoms with E-state index in [1.165, 1.54) is 0 Å². The van der Waals surface area contributed by atoms with Gasteiger partial charge in [-0.15, -0.1) is 0 Å². The zero-order valence-electron chi connectivity index (χ0n) is 14.4. The first-order valence-corrected chi connectivity index (χ1v) is 9.66. The summed E-state index contributed by atoms with van der Waals surface area (Å²) >= 11 is 12.6. The molecule has 3 aromatic rings. The molecule has 0 spiro atoms. The normalized spacial score (nSPS) is 17.8. The third kappa shape index (κ3) is 3.41. The summed E-state index contributed by atoms with van der Waals surface area (Å²) in [7, 11) is 0. The summed E-state index contributed by atoms with van der Waals surface area (Å²) in [5, 5.41) is 11.0. The van der Waals surface area contributed by atoms with Gasteiger partial charge in [-0.3, -0.25) is 0 Å². The first-order valence-electron chi connectivity index (χ1n) is 8.90. The van der Waals surface area contributed by atoms with Crippen LogP contribution in [0.4, 0.5) is 5.95 Å². The number of benzene rings is 2. The number of aromatic nitrogens is 2. The number of anilines is 1. The molecular formula is C20H21Cl2N3O. The highest BCUT2D eigenvalue weighted by atomic mass is 35.5. The number of imidazole rings is 1. The largest absolute Gasteiger partial charge is 0.396 e. The summed E-state index contributed by atoms with van der Waals surface area (Å²) < 4.78 is 2.20. The Labute approximate surface area is 163 Å². The van der Waals surface area contributed by atoms with Crippen LogP contribution in [-0.4, -0.2) is 34.4 Å². The minimum atomic E-state index is 0.219. The molecule has 0 radical (unpaired) electrons. The van der Waals surface area contributed by atoms with Crippen LogP contribution < -0.4 is 4.90 Å². The lowest BCUT2D eigenvalue weighted by Gasteiger charge is -2.33. The number of rotatable bonds is 4. The average molecular weight is 390 g/mol. The molecule has 1 aromatic heterocycles. The summed E-state index contributed by atoms with van der Waals surface area (Å²) in [4.78, 5) is 7.17. The molecule has 1 aliphatic rings. The van der Waals surface area contributed by atoms with E-state index in [0.717, 1.165) is 48.5 Å². The molecule has 2 heterocycles. The maximum absolute atomic E-state index is 9.58. The van der Waals surface area contributed by atoms with Crippen molar-refractivity contribution in [3.63, 3.8) is 0 Å². The molecule has 0 aliphatic carbocycles. The van der Waals surface area contributed by atoms with Gasteiger partial charge >= 0.3 is 0 Å². The third-order valence-corrected chi connectivity index (χ3v) is 5.63. The number of halogens is 2. The van der Waals surface area contributed by atoms with Crippen LogP contribution in [0.2, 0.25) is 10.0 Å². The highest BCUT2D eigenvalue weighted by Gasteiger charge is 2.24. The lowest BCUT2D eigenvalue weighted by atomic mass is 9.99. The second-order valence-corrected chi connectivity index (χ2v) is 7.70. The lowest BCUT2D eigenvalue weighted by molar-refractivity contribution is 0.208. The van der Waals surface area contributed by atoms with Gasteiger partial charge in [0.2, 0.25) is 5.95 Å². The second kappa shape index (κ2) is 7.47. The molecule has 0 bridgehead atoms. The van der Waals surface area contributed by atoms with E-state index in [1.807, 2.05) is 30.3 Å². The summed E-state index contributed by atoms with van der Waals surface area (Å²) in [6, 6.07) is 13.7. The van der Waals surface area contributed by atoms with E-state index in [-0.39, 0.29) is 6.61 Å². The molecular weight excluding hydrogens is 369 g/mol. The monoisotopic (exact) mass is 389 g/mol. The minimum Gasteiger partial charge on any atom is -0.396 e. The smallest absolute Gasteiger partial charge is 0.206 e. The van der Waals surface area contributed by atoms with E-state index in [2.05, 4.69) is 15.5 Å². The van der Waals surface area contributed by atoms with Crippen molar-refractivity contribution in [2.45, 2.75) is 19.4 Å². The van der Waals surface area contributed by atoms with Crippen molar-refractivity contribution in [3.05, 3.63) is 58.1 Å². The van der Waals surface area contributed by atoms with Crippen molar-refractivity contribution in [2.75, 3.05) is 24.6 Å². The van der Waals surface area contributed by atoms with Crippen LogP contribution in [0.5, 0.6) is 0 Å². The Morgan fingerprint density at radius 2 is 2.00 bits per heavy atom. The van der Waals surface area contributed by atoms with Gasteiger partial charge in [-0.25, -0.2) is 4.98 Å². The minimum absolute atomic E-state index is 0.219. The number of nitrogens with zero attached hydrogens (tertiary/aromatic N) is 3. The number of para-hydroxylation sites is 2. The fraction of sp³-hybridized carbons (Fsp3) is 0.350. The number of aliphatic hydroxyl groups excluding tert-OH is 1. The SMILES string of the molecule is OCC1CCCN(c2nc3ccccc3n2Cc2cc(Cl)ccc2Cl)C1. The first-order chi connectivity index (χ1) is 12.7. The number of piperidine rings is 1. The highest BCUT2D eigenvalue weighted by molar-refractivity contribution is 6.33. The molecule has 1 saturated heterocycles. The van der Waals surface area contributed by atoms with Crippen molar-refractivity contribution in [1.82, 2.24) is 9.55 Å². The fourth-order valence-corrected chi connectivity index (χ4v) is 4.06. The van der Waals surface area contributed by atoms with Gasteiger partial charge in [0.15, 0.2) is 0 Å². The molecule has 0 amide bonds. The molecule has 1 aliphatic heterocycles. The Morgan fingerprint density at radius 1 is 1.15 bits per heavy atom. The Balaban J connectivity index is 1.78. The number of aliphatic hydroxyl groups is 1. The quantitative estimate of drug-likeness (QED) is 0.708. The maximum Gasteiger partial charge on any atom is 0.206 e. The average Bonchev–Trinajstić information content (AvgIpc) is 3.03. The van der Waals surface area contributed by atoms with Gasteiger partial charge < -0.3 is 14.6 Å². The van der Waals surface area contributed by atoms with E-state index in [9.17, 15) is 5.11 Å². The van der Waals surface area contributed by atoms with Gasteiger partial charge in [0.25, 0.3) is 0 Å². The zero-order valence-corrected chi connectivity index (χ0v) is 15.9. The maximum atomic E-state index is 9.58. The summed E-state index contributed by atoms with van der Waals surface area (Å²) in [5.41, 5.74) is 3.01. The van der Waals surface area contributed by atoms with Crippen molar-refractivity contribution in [2.24, 2.45) is 5.92 Å². The van der Waals surface area contributed by atoms with Crippen molar-refractivity contribution >= 4 is 40.2 Å². The number of fused-ring (bicyclic) bond motifs is 1. The Kier molecular flexibility index (Phi) is 5.07. The number of hydrogen-bond acceptors (Lipinski definition) is 3. The Morgan fingerprint density at radius 3 is 2.85 bits per heavy atom. The van der Waals surface area contributed by atoms with E-state index >= 15 is 0 Å². The molecule has 6 heteroatoms. The van der Waals surface area contributed by atoms with Crippen molar-refractivity contribution < 1.29 is 5.11 Å². The molecule has 0 saturated carbocycles. The van der Waals surface area contributed by atoms with E-state index in [0.29, 0.717) is 22.5 Å². The van der Waals surface area contributed by atoms with Crippen molar-refractivity contribution in [3.8, 4) is 0 Å². The summed E-state index contributed by atoms with van der Waals surface area (Å²) in [6.07, 6.45) is 2.12. The number of hydrogen-bond donors (Lipinski definition) is 1. The van der Waals surface area contributed by atoms with Gasteiger partial charge in [0, 0.05) is 29.7 Å². The van der Waals surface area contributed by atoms with Crippen molar-refractivity contribution in [1.29, 1.82) is 0 Å². The summed E-state index contributed by atoms with van der Waals surface area (Å²) in [5.74, 6) is 1.23. The predicted octanol–water partition coefficient (Wildman–Crippen LogP) is 4.60. The van der Waals surface area contributed by atoms with Crippen LogP contribution in [0.15, 0.2) is 42.5 Å². The lowest BCUT2D eigenvalue weighted by Crippen LogP contribution is -2.38. The van der Waals surface area contributed by atoms with Gasteiger partial charge in [0.05, 0.1) is 17.6 Å². The predicted molar refractivity (Wildman–Crippen MR) is 107 cm³/mol.